The number of thioether (sulfide) groups is 1. The van der Waals surface area contributed by atoms with Crippen LogP contribution in [0.2, 0.25) is 0 Å². The van der Waals surface area contributed by atoms with Gasteiger partial charge in [0.1, 0.15) is 0 Å². The van der Waals surface area contributed by atoms with Gasteiger partial charge in [-0.15, -0.1) is 11.3 Å². The third-order valence-corrected chi connectivity index (χ3v) is 6.39. The highest BCUT2D eigenvalue weighted by Gasteiger charge is 2.28. The van der Waals surface area contributed by atoms with Crippen LogP contribution in [0, 0.1) is 0 Å². The Hall–Kier alpha value is -2.11. The van der Waals surface area contributed by atoms with Crippen molar-refractivity contribution < 1.29 is 4.79 Å². The number of carbonyl (C=O) groups excluding carboxylic acids is 1. The number of amides is 1. The maximum absolute atomic E-state index is 12.9. The van der Waals surface area contributed by atoms with E-state index in [1.54, 1.807) is 23.1 Å². The van der Waals surface area contributed by atoms with Crippen LogP contribution in [0.15, 0.2) is 64.3 Å². The van der Waals surface area contributed by atoms with Crippen LogP contribution in [-0.4, -0.2) is 22.7 Å². The van der Waals surface area contributed by atoms with Gasteiger partial charge in [0.2, 0.25) is 5.91 Å². The molecular formula is C20H18N2OS2. The predicted octanol–water partition coefficient (Wildman–Crippen LogP) is 4.88. The monoisotopic (exact) mass is 366 g/mol. The van der Waals surface area contributed by atoms with Crippen molar-refractivity contribution in [3.63, 3.8) is 0 Å². The maximum atomic E-state index is 12.9. The Morgan fingerprint density at radius 3 is 2.76 bits per heavy atom. The van der Waals surface area contributed by atoms with E-state index >= 15 is 0 Å². The molecule has 1 aliphatic heterocycles. The van der Waals surface area contributed by atoms with E-state index in [1.807, 2.05) is 48.2 Å². The molecule has 5 heteroatoms. The Balaban J connectivity index is 1.47. The Kier molecular flexibility index (Phi) is 4.59. The fourth-order valence-corrected chi connectivity index (χ4v) is 5.07. The highest BCUT2D eigenvalue weighted by molar-refractivity contribution is 8.02. The first kappa shape index (κ1) is 16.4. The number of hydrogen-bond donors (Lipinski definition) is 0. The number of anilines is 1. The van der Waals surface area contributed by atoms with Gasteiger partial charge in [0, 0.05) is 23.2 Å². The van der Waals surface area contributed by atoms with Crippen molar-refractivity contribution in [1.82, 2.24) is 4.98 Å². The number of para-hydroxylation sites is 1. The molecule has 1 aliphatic rings. The summed E-state index contributed by atoms with van der Waals surface area (Å²) in [5.41, 5.74) is 4.40. The molecule has 1 atom stereocenters. The lowest BCUT2D eigenvalue weighted by Gasteiger charge is -2.20. The molecule has 0 bridgehead atoms. The van der Waals surface area contributed by atoms with Gasteiger partial charge in [-0.05, 0) is 25.0 Å². The quantitative estimate of drug-likeness (QED) is 0.617. The van der Waals surface area contributed by atoms with Crippen LogP contribution in [0.4, 0.5) is 5.69 Å². The molecule has 1 amide bonds. The number of rotatable bonds is 4. The van der Waals surface area contributed by atoms with Crippen molar-refractivity contribution in [2.75, 3.05) is 11.4 Å². The first-order chi connectivity index (χ1) is 12.2. The summed E-state index contributed by atoms with van der Waals surface area (Å²) in [7, 11) is 0. The summed E-state index contributed by atoms with van der Waals surface area (Å²) < 4.78 is 0.937. The fourth-order valence-electron chi connectivity index (χ4n) is 3.04. The van der Waals surface area contributed by atoms with Gasteiger partial charge in [-0.3, -0.25) is 4.79 Å². The minimum atomic E-state index is -0.152. The highest BCUT2D eigenvalue weighted by Crippen LogP contribution is 2.34. The summed E-state index contributed by atoms with van der Waals surface area (Å²) in [6.07, 6.45) is 0.939. The van der Waals surface area contributed by atoms with Crippen LogP contribution in [0.25, 0.3) is 11.3 Å². The van der Waals surface area contributed by atoms with Crippen molar-refractivity contribution >= 4 is 34.7 Å². The molecule has 0 N–H and O–H groups in total. The van der Waals surface area contributed by atoms with Gasteiger partial charge < -0.3 is 4.90 Å². The molecule has 0 fully saturated rings. The number of benzene rings is 2. The summed E-state index contributed by atoms with van der Waals surface area (Å²) in [4.78, 5) is 19.5. The van der Waals surface area contributed by atoms with Crippen LogP contribution < -0.4 is 4.90 Å². The first-order valence-electron chi connectivity index (χ1n) is 8.29. The number of nitrogens with zero attached hydrogens (tertiary/aromatic N) is 2. The van der Waals surface area contributed by atoms with Gasteiger partial charge in [-0.25, -0.2) is 4.98 Å². The van der Waals surface area contributed by atoms with Crippen LogP contribution >= 0.6 is 23.1 Å². The summed E-state index contributed by atoms with van der Waals surface area (Å²) in [6.45, 7) is 2.74. The third kappa shape index (κ3) is 3.34. The van der Waals surface area contributed by atoms with E-state index in [1.165, 1.54) is 5.56 Å². The molecule has 0 saturated heterocycles. The Morgan fingerprint density at radius 2 is 1.92 bits per heavy atom. The molecule has 2 heterocycles. The van der Waals surface area contributed by atoms with Gasteiger partial charge in [0.25, 0.3) is 0 Å². The van der Waals surface area contributed by atoms with Crippen molar-refractivity contribution in [1.29, 1.82) is 0 Å². The predicted molar refractivity (Wildman–Crippen MR) is 105 cm³/mol. The van der Waals surface area contributed by atoms with Gasteiger partial charge in [0.15, 0.2) is 4.34 Å². The number of carbonyl (C=O) groups is 1. The minimum absolute atomic E-state index is 0.152. The molecule has 0 saturated carbocycles. The molecule has 4 rings (SSSR count). The summed E-state index contributed by atoms with van der Waals surface area (Å²) >= 11 is 3.14. The topological polar surface area (TPSA) is 33.2 Å². The zero-order valence-electron chi connectivity index (χ0n) is 13.9. The van der Waals surface area contributed by atoms with E-state index in [-0.39, 0.29) is 11.2 Å². The molecule has 0 unspecified atom stereocenters. The van der Waals surface area contributed by atoms with Crippen LogP contribution in [-0.2, 0) is 11.2 Å². The van der Waals surface area contributed by atoms with Crippen molar-refractivity contribution in [3.8, 4) is 11.3 Å². The van der Waals surface area contributed by atoms with E-state index in [4.69, 9.17) is 0 Å². The van der Waals surface area contributed by atoms with Crippen molar-refractivity contribution in [2.24, 2.45) is 0 Å². The van der Waals surface area contributed by atoms with Gasteiger partial charge in [-0.1, -0.05) is 60.3 Å². The van der Waals surface area contributed by atoms with E-state index < -0.39 is 0 Å². The average molecular weight is 367 g/mol. The minimum Gasteiger partial charge on any atom is -0.311 e. The molecule has 25 heavy (non-hydrogen) atoms. The maximum Gasteiger partial charge on any atom is 0.240 e. The lowest BCUT2D eigenvalue weighted by atomic mass is 10.2. The second-order valence-corrected chi connectivity index (χ2v) is 8.44. The van der Waals surface area contributed by atoms with E-state index in [0.717, 1.165) is 34.2 Å². The van der Waals surface area contributed by atoms with Crippen molar-refractivity contribution in [2.45, 2.75) is 22.9 Å². The second-order valence-electron chi connectivity index (χ2n) is 5.99. The van der Waals surface area contributed by atoms with Crippen LogP contribution in [0.3, 0.4) is 0 Å². The molecule has 3 aromatic rings. The SMILES string of the molecule is C[C@@H](Sc1nc(-c2ccccc2)cs1)C(=O)N1CCc2ccccc21. The highest BCUT2D eigenvalue weighted by atomic mass is 32.2. The summed E-state index contributed by atoms with van der Waals surface area (Å²) in [5, 5.41) is 1.90. The standard InChI is InChI=1S/C20H18N2OS2/c1-14(19(23)22-12-11-16-9-5-6-10-18(16)22)25-20-21-17(13-24-20)15-7-3-2-4-8-15/h2-10,13-14H,11-12H2,1H3/t14-/m1/s1. The molecule has 2 aromatic carbocycles. The fraction of sp³-hybridized carbons (Fsp3) is 0.200. The van der Waals surface area contributed by atoms with Crippen LogP contribution in [0.1, 0.15) is 12.5 Å². The van der Waals surface area contributed by atoms with E-state index in [2.05, 4.69) is 28.6 Å². The molecule has 0 radical (unpaired) electrons. The first-order valence-corrected chi connectivity index (χ1v) is 10.1. The van der Waals surface area contributed by atoms with Gasteiger partial charge in [0.05, 0.1) is 10.9 Å². The van der Waals surface area contributed by atoms with E-state index in [0.29, 0.717) is 0 Å². The molecule has 0 spiro atoms. The lowest BCUT2D eigenvalue weighted by Crippen LogP contribution is -2.35. The summed E-state index contributed by atoms with van der Waals surface area (Å²) in [5.74, 6) is 0.159. The Labute approximate surface area is 155 Å². The molecule has 0 aliphatic carbocycles. The smallest absolute Gasteiger partial charge is 0.240 e. The lowest BCUT2D eigenvalue weighted by molar-refractivity contribution is -0.117. The number of thiazole rings is 1. The molecule has 3 nitrogen and oxygen atoms in total. The van der Waals surface area contributed by atoms with E-state index in [9.17, 15) is 4.79 Å². The van der Waals surface area contributed by atoms with Gasteiger partial charge >= 0.3 is 0 Å². The zero-order chi connectivity index (χ0) is 17.2. The number of fused-ring (bicyclic) bond motifs is 1. The Morgan fingerprint density at radius 1 is 1.16 bits per heavy atom. The Bertz CT molecular complexity index is 891. The second kappa shape index (κ2) is 7.02. The average Bonchev–Trinajstić information content (AvgIpc) is 3.29. The van der Waals surface area contributed by atoms with Crippen LogP contribution in [0.5, 0.6) is 0 Å². The molecule has 1 aromatic heterocycles. The van der Waals surface area contributed by atoms with Crippen molar-refractivity contribution in [3.05, 3.63) is 65.5 Å². The third-order valence-electron chi connectivity index (χ3n) is 4.33. The zero-order valence-corrected chi connectivity index (χ0v) is 15.5. The van der Waals surface area contributed by atoms with Gasteiger partial charge in [-0.2, -0.15) is 0 Å². The molecular weight excluding hydrogens is 348 g/mol. The normalized spacial score (nSPS) is 14.4. The number of aromatic nitrogens is 1. The number of hydrogen-bond acceptors (Lipinski definition) is 4. The molecule has 126 valence electrons. The summed E-state index contributed by atoms with van der Waals surface area (Å²) in [6, 6.07) is 18.3. The largest absolute Gasteiger partial charge is 0.311 e.